The molecule has 1 saturated heterocycles. The average molecular weight is 273 g/mol. The fourth-order valence-corrected chi connectivity index (χ4v) is 3.18. The summed E-state index contributed by atoms with van der Waals surface area (Å²) in [6, 6.07) is 0.124. The standard InChI is InChI=1S/C9H20N2O3S.ClH/c1-8-7-11(4-3-9(8)10)15(12,13)6-5-14-2;/h8-9H,3-7,10H2,1-2H3;1H. The van der Waals surface area contributed by atoms with E-state index < -0.39 is 10.0 Å². The second kappa shape index (κ2) is 6.76. The van der Waals surface area contributed by atoms with Crippen LogP contribution in [0.3, 0.4) is 0 Å². The van der Waals surface area contributed by atoms with Crippen LogP contribution in [-0.4, -0.2) is 51.3 Å². The van der Waals surface area contributed by atoms with Crippen molar-refractivity contribution in [2.75, 3.05) is 32.6 Å². The monoisotopic (exact) mass is 272 g/mol. The highest BCUT2D eigenvalue weighted by Crippen LogP contribution is 2.17. The van der Waals surface area contributed by atoms with Crippen molar-refractivity contribution in [3.63, 3.8) is 0 Å². The van der Waals surface area contributed by atoms with E-state index in [1.165, 1.54) is 11.4 Å². The van der Waals surface area contributed by atoms with Crippen molar-refractivity contribution >= 4 is 22.4 Å². The average Bonchev–Trinajstić information content (AvgIpc) is 2.19. The molecule has 0 radical (unpaired) electrons. The second-order valence-electron chi connectivity index (χ2n) is 4.10. The fraction of sp³-hybridized carbons (Fsp3) is 1.00. The predicted molar refractivity (Wildman–Crippen MR) is 66.2 cm³/mol. The number of halogens is 1. The van der Waals surface area contributed by atoms with Crippen LogP contribution in [-0.2, 0) is 14.8 Å². The van der Waals surface area contributed by atoms with E-state index in [0.29, 0.717) is 13.1 Å². The Morgan fingerprint density at radius 1 is 1.50 bits per heavy atom. The van der Waals surface area contributed by atoms with Gasteiger partial charge in [0.05, 0.1) is 12.4 Å². The Kier molecular flexibility index (Phi) is 6.81. The SMILES string of the molecule is COCCS(=O)(=O)N1CCC(N)C(C)C1.Cl. The van der Waals surface area contributed by atoms with E-state index in [9.17, 15) is 8.42 Å². The molecule has 7 heteroatoms. The minimum Gasteiger partial charge on any atom is -0.384 e. The molecule has 0 aromatic heterocycles. The number of rotatable bonds is 4. The molecule has 0 spiro atoms. The van der Waals surface area contributed by atoms with Crippen LogP contribution in [0.2, 0.25) is 0 Å². The summed E-state index contributed by atoms with van der Waals surface area (Å²) < 4.78 is 29.9. The largest absolute Gasteiger partial charge is 0.384 e. The van der Waals surface area contributed by atoms with Gasteiger partial charge in [0.25, 0.3) is 0 Å². The van der Waals surface area contributed by atoms with Gasteiger partial charge in [0.1, 0.15) is 0 Å². The van der Waals surface area contributed by atoms with E-state index in [0.717, 1.165) is 6.42 Å². The molecule has 0 saturated carbocycles. The van der Waals surface area contributed by atoms with Crippen LogP contribution >= 0.6 is 12.4 Å². The fourth-order valence-electron chi connectivity index (χ4n) is 1.70. The molecule has 16 heavy (non-hydrogen) atoms. The molecule has 2 atom stereocenters. The Morgan fingerprint density at radius 2 is 2.12 bits per heavy atom. The smallest absolute Gasteiger partial charge is 0.216 e. The number of nitrogens with zero attached hydrogens (tertiary/aromatic N) is 1. The van der Waals surface area contributed by atoms with Crippen LogP contribution in [0.15, 0.2) is 0 Å². The zero-order valence-corrected chi connectivity index (χ0v) is 11.4. The minimum absolute atomic E-state index is 0. The number of methoxy groups -OCH3 is 1. The molecule has 1 aliphatic heterocycles. The lowest BCUT2D eigenvalue weighted by Crippen LogP contribution is -2.48. The summed E-state index contributed by atoms with van der Waals surface area (Å²) in [6.45, 7) is 3.31. The molecule has 0 amide bonds. The summed E-state index contributed by atoms with van der Waals surface area (Å²) in [4.78, 5) is 0. The van der Waals surface area contributed by atoms with Crippen molar-refractivity contribution in [2.45, 2.75) is 19.4 Å². The van der Waals surface area contributed by atoms with Gasteiger partial charge in [0.15, 0.2) is 0 Å². The van der Waals surface area contributed by atoms with Crippen LogP contribution in [0.5, 0.6) is 0 Å². The molecule has 1 aliphatic rings. The minimum atomic E-state index is -3.15. The van der Waals surface area contributed by atoms with E-state index in [-0.39, 0.29) is 36.7 Å². The number of ether oxygens (including phenoxy) is 1. The number of sulfonamides is 1. The predicted octanol–water partition coefficient (Wildman–Crippen LogP) is 0.0535. The molecule has 2 unspecified atom stereocenters. The summed E-state index contributed by atoms with van der Waals surface area (Å²) in [5, 5.41) is 0. The zero-order chi connectivity index (χ0) is 11.5. The molecule has 5 nitrogen and oxygen atoms in total. The molecule has 98 valence electrons. The van der Waals surface area contributed by atoms with E-state index in [1.54, 1.807) is 0 Å². The normalized spacial score (nSPS) is 27.4. The Hall–Kier alpha value is 0.120. The Balaban J connectivity index is 0.00000225. The van der Waals surface area contributed by atoms with E-state index in [1.807, 2.05) is 6.92 Å². The van der Waals surface area contributed by atoms with Gasteiger partial charge >= 0.3 is 0 Å². The maximum atomic E-state index is 11.8. The van der Waals surface area contributed by atoms with Gasteiger partial charge in [-0.3, -0.25) is 0 Å². The third-order valence-electron chi connectivity index (χ3n) is 2.87. The lowest BCUT2D eigenvalue weighted by Gasteiger charge is -2.34. The highest BCUT2D eigenvalue weighted by molar-refractivity contribution is 7.89. The van der Waals surface area contributed by atoms with E-state index in [2.05, 4.69) is 0 Å². The van der Waals surface area contributed by atoms with Gasteiger partial charge < -0.3 is 10.5 Å². The molecular weight excluding hydrogens is 252 g/mol. The second-order valence-corrected chi connectivity index (χ2v) is 6.19. The van der Waals surface area contributed by atoms with Crippen LogP contribution in [0, 0.1) is 5.92 Å². The van der Waals surface area contributed by atoms with Gasteiger partial charge in [-0.15, -0.1) is 12.4 Å². The number of hydrogen-bond donors (Lipinski definition) is 1. The first-order valence-electron chi connectivity index (χ1n) is 5.19. The lowest BCUT2D eigenvalue weighted by atomic mass is 9.96. The van der Waals surface area contributed by atoms with Crippen molar-refractivity contribution in [3.05, 3.63) is 0 Å². The van der Waals surface area contributed by atoms with Crippen molar-refractivity contribution < 1.29 is 13.2 Å². The summed E-state index contributed by atoms with van der Waals surface area (Å²) in [6.07, 6.45) is 0.743. The first kappa shape index (κ1) is 16.1. The molecule has 0 aliphatic carbocycles. The van der Waals surface area contributed by atoms with Crippen molar-refractivity contribution in [1.82, 2.24) is 4.31 Å². The van der Waals surface area contributed by atoms with Crippen LogP contribution in [0.4, 0.5) is 0 Å². The van der Waals surface area contributed by atoms with E-state index >= 15 is 0 Å². The van der Waals surface area contributed by atoms with Crippen molar-refractivity contribution in [3.8, 4) is 0 Å². The van der Waals surface area contributed by atoms with Crippen LogP contribution < -0.4 is 5.73 Å². The maximum absolute atomic E-state index is 11.8. The third-order valence-corrected chi connectivity index (χ3v) is 4.67. The Bertz CT molecular complexity index is 297. The van der Waals surface area contributed by atoms with E-state index in [4.69, 9.17) is 10.5 Å². The molecule has 0 aromatic rings. The highest BCUT2D eigenvalue weighted by atomic mass is 35.5. The molecule has 2 N–H and O–H groups in total. The molecule has 1 rings (SSSR count). The van der Waals surface area contributed by atoms with Gasteiger partial charge in [0, 0.05) is 26.2 Å². The lowest BCUT2D eigenvalue weighted by molar-refractivity contribution is 0.211. The van der Waals surface area contributed by atoms with Gasteiger partial charge in [-0.2, -0.15) is 0 Å². The van der Waals surface area contributed by atoms with Gasteiger partial charge in [0.2, 0.25) is 10.0 Å². The first-order valence-corrected chi connectivity index (χ1v) is 6.80. The summed E-state index contributed by atoms with van der Waals surface area (Å²) in [5.74, 6) is 0.293. The Labute approximate surface area is 104 Å². The zero-order valence-electron chi connectivity index (χ0n) is 9.76. The van der Waals surface area contributed by atoms with Gasteiger partial charge in [-0.25, -0.2) is 12.7 Å². The van der Waals surface area contributed by atoms with Crippen LogP contribution in [0.25, 0.3) is 0 Å². The molecule has 0 bridgehead atoms. The quantitative estimate of drug-likeness (QED) is 0.785. The number of piperidine rings is 1. The van der Waals surface area contributed by atoms with Crippen molar-refractivity contribution in [1.29, 1.82) is 0 Å². The first-order chi connectivity index (χ1) is 6.97. The molecule has 1 fully saturated rings. The van der Waals surface area contributed by atoms with Gasteiger partial charge in [-0.1, -0.05) is 6.92 Å². The van der Waals surface area contributed by atoms with Crippen LogP contribution in [0.1, 0.15) is 13.3 Å². The summed E-state index contributed by atoms with van der Waals surface area (Å²) in [7, 11) is -1.64. The van der Waals surface area contributed by atoms with Crippen molar-refractivity contribution in [2.24, 2.45) is 11.7 Å². The highest BCUT2D eigenvalue weighted by Gasteiger charge is 2.30. The number of nitrogens with two attached hydrogens (primary N) is 1. The summed E-state index contributed by atoms with van der Waals surface area (Å²) >= 11 is 0. The topological polar surface area (TPSA) is 72.6 Å². The Morgan fingerprint density at radius 3 is 2.62 bits per heavy atom. The van der Waals surface area contributed by atoms with Gasteiger partial charge in [-0.05, 0) is 12.3 Å². The summed E-state index contributed by atoms with van der Waals surface area (Å²) in [5.41, 5.74) is 5.84. The molecule has 0 aromatic carbocycles. The maximum Gasteiger partial charge on any atom is 0.216 e. The number of hydrogen-bond acceptors (Lipinski definition) is 4. The third kappa shape index (κ3) is 4.18. The molecular formula is C9H21ClN2O3S. The molecule has 1 heterocycles.